The third-order valence-corrected chi connectivity index (χ3v) is 9.61. The third kappa shape index (κ3) is 7.82. The highest BCUT2D eigenvalue weighted by molar-refractivity contribution is 7.92. The van der Waals surface area contributed by atoms with Crippen LogP contribution in [0.3, 0.4) is 0 Å². The quantitative estimate of drug-likeness (QED) is 0.148. The second-order valence-corrected chi connectivity index (χ2v) is 14.0. The van der Waals surface area contributed by atoms with Crippen LogP contribution in [-0.4, -0.2) is 37.0 Å². The SMILES string of the molecule is CC(C)=CCOc1cccc(-c2ccc(/C=C/c3nc(-c4ccc(Cl)cc4Cl)cn3Cc3ccc(N4CC(=O)NS4(=O)=O)cc3)cc2)c1. The summed E-state index contributed by atoms with van der Waals surface area (Å²) in [6, 6.07) is 28.6. The normalized spacial score (nSPS) is 13.9. The Hall–Kier alpha value is -4.83. The maximum atomic E-state index is 12.3. The third-order valence-electron chi connectivity index (χ3n) is 7.66. The number of hydrogen-bond acceptors (Lipinski definition) is 5. The molecule has 1 N–H and O–H groups in total. The van der Waals surface area contributed by atoms with Crippen molar-refractivity contribution in [2.24, 2.45) is 0 Å². The number of nitrogens with zero attached hydrogens (tertiary/aromatic N) is 3. The zero-order valence-corrected chi connectivity index (χ0v) is 28.6. The largest absolute Gasteiger partial charge is 0.490 e. The summed E-state index contributed by atoms with van der Waals surface area (Å²) in [6.07, 6.45) is 7.92. The Labute approximate surface area is 290 Å². The number of rotatable bonds is 10. The monoisotopic (exact) mass is 698 g/mol. The van der Waals surface area contributed by atoms with E-state index in [1.54, 1.807) is 24.3 Å². The molecule has 2 heterocycles. The molecule has 48 heavy (non-hydrogen) atoms. The topological polar surface area (TPSA) is 93.5 Å². The number of nitrogens with one attached hydrogen (secondary N) is 1. The van der Waals surface area contributed by atoms with Gasteiger partial charge in [0.25, 0.3) is 5.91 Å². The number of halogens is 2. The highest BCUT2D eigenvalue weighted by atomic mass is 35.5. The number of anilines is 1. The first kappa shape index (κ1) is 33.1. The highest BCUT2D eigenvalue weighted by Crippen LogP contribution is 2.31. The molecule has 5 aromatic rings. The van der Waals surface area contributed by atoms with Gasteiger partial charge in [-0.05, 0) is 90.7 Å². The molecule has 11 heteroatoms. The number of aromatic nitrogens is 2. The Morgan fingerprint density at radius 3 is 2.40 bits per heavy atom. The number of carbonyl (C=O) groups excluding carboxylic acids is 1. The van der Waals surface area contributed by atoms with E-state index in [1.807, 2.05) is 84.0 Å². The van der Waals surface area contributed by atoms with Gasteiger partial charge in [0.2, 0.25) is 0 Å². The van der Waals surface area contributed by atoms with Crippen molar-refractivity contribution in [3.8, 4) is 28.1 Å². The molecule has 6 rings (SSSR count). The van der Waals surface area contributed by atoms with E-state index >= 15 is 0 Å². The zero-order valence-electron chi connectivity index (χ0n) is 26.2. The first-order valence-electron chi connectivity index (χ1n) is 15.1. The smallest absolute Gasteiger partial charge is 0.326 e. The van der Waals surface area contributed by atoms with Crippen LogP contribution >= 0.6 is 23.2 Å². The van der Waals surface area contributed by atoms with Crippen LogP contribution in [0.15, 0.2) is 109 Å². The van der Waals surface area contributed by atoms with E-state index in [0.717, 1.165) is 37.9 Å². The Morgan fingerprint density at radius 2 is 1.71 bits per heavy atom. The van der Waals surface area contributed by atoms with E-state index in [-0.39, 0.29) is 6.54 Å². The Morgan fingerprint density at radius 1 is 0.938 bits per heavy atom. The first-order valence-corrected chi connectivity index (χ1v) is 17.3. The molecule has 0 radical (unpaired) electrons. The van der Waals surface area contributed by atoms with Gasteiger partial charge in [-0.1, -0.05) is 83.4 Å². The summed E-state index contributed by atoms with van der Waals surface area (Å²) in [5, 5.41) is 1.02. The van der Waals surface area contributed by atoms with Gasteiger partial charge in [0.15, 0.2) is 0 Å². The van der Waals surface area contributed by atoms with Crippen LogP contribution in [0, 0.1) is 0 Å². The summed E-state index contributed by atoms with van der Waals surface area (Å²) in [7, 11) is -3.88. The van der Waals surface area contributed by atoms with E-state index in [9.17, 15) is 13.2 Å². The number of imidazole rings is 1. The molecule has 8 nitrogen and oxygen atoms in total. The maximum Gasteiger partial charge on any atom is 0.326 e. The van der Waals surface area contributed by atoms with Crippen molar-refractivity contribution >= 4 is 57.2 Å². The van der Waals surface area contributed by atoms with Gasteiger partial charge < -0.3 is 9.30 Å². The van der Waals surface area contributed by atoms with E-state index in [1.165, 1.54) is 5.57 Å². The Bertz CT molecular complexity index is 2140. The van der Waals surface area contributed by atoms with Crippen molar-refractivity contribution in [1.29, 1.82) is 0 Å². The van der Waals surface area contributed by atoms with Gasteiger partial charge in [0.05, 0.1) is 16.4 Å². The molecule has 0 aliphatic carbocycles. The summed E-state index contributed by atoms with van der Waals surface area (Å²) in [6.45, 7) is 4.83. The molecule has 0 atom stereocenters. The molecule has 1 saturated heterocycles. The van der Waals surface area contributed by atoms with Gasteiger partial charge in [0.1, 0.15) is 24.7 Å². The van der Waals surface area contributed by atoms with Crippen LogP contribution < -0.4 is 13.8 Å². The van der Waals surface area contributed by atoms with Crippen LogP contribution in [-0.2, 0) is 21.5 Å². The molecule has 1 aromatic heterocycles. The molecule has 0 saturated carbocycles. The second-order valence-electron chi connectivity index (χ2n) is 11.5. The predicted molar refractivity (Wildman–Crippen MR) is 193 cm³/mol. The fourth-order valence-electron chi connectivity index (χ4n) is 5.19. The average molecular weight is 700 g/mol. The molecular formula is C37H32Cl2N4O4S. The molecule has 244 valence electrons. The molecule has 4 aromatic carbocycles. The van der Waals surface area contributed by atoms with Crippen molar-refractivity contribution in [2.75, 3.05) is 17.5 Å². The van der Waals surface area contributed by atoms with E-state index in [4.69, 9.17) is 32.9 Å². The van der Waals surface area contributed by atoms with Crippen molar-refractivity contribution in [1.82, 2.24) is 14.3 Å². The number of hydrogen-bond donors (Lipinski definition) is 1. The Balaban J connectivity index is 1.24. The zero-order chi connectivity index (χ0) is 33.8. The first-order chi connectivity index (χ1) is 23.0. The predicted octanol–water partition coefficient (Wildman–Crippen LogP) is 8.27. The lowest BCUT2D eigenvalue weighted by Gasteiger charge is -2.15. The summed E-state index contributed by atoms with van der Waals surface area (Å²) in [4.78, 5) is 16.6. The van der Waals surface area contributed by atoms with Crippen molar-refractivity contribution in [2.45, 2.75) is 20.4 Å². The van der Waals surface area contributed by atoms with Gasteiger partial charge in [-0.25, -0.2) is 14.0 Å². The summed E-state index contributed by atoms with van der Waals surface area (Å²) in [5.41, 5.74) is 7.10. The van der Waals surface area contributed by atoms with Crippen molar-refractivity contribution in [3.63, 3.8) is 0 Å². The summed E-state index contributed by atoms with van der Waals surface area (Å²) < 4.78 is 35.5. The highest BCUT2D eigenvalue weighted by Gasteiger charge is 2.33. The molecular weight excluding hydrogens is 667 g/mol. The minimum Gasteiger partial charge on any atom is -0.490 e. The van der Waals surface area contributed by atoms with Gasteiger partial charge in [-0.15, -0.1) is 0 Å². The van der Waals surface area contributed by atoms with E-state index < -0.39 is 16.1 Å². The van der Waals surface area contributed by atoms with E-state index in [2.05, 4.69) is 30.3 Å². The average Bonchev–Trinajstić information content (AvgIpc) is 3.58. The minimum absolute atomic E-state index is 0.248. The van der Waals surface area contributed by atoms with Crippen LogP contribution in [0.5, 0.6) is 5.75 Å². The molecule has 0 unspecified atom stereocenters. The lowest BCUT2D eigenvalue weighted by atomic mass is 10.0. The number of carbonyl (C=O) groups is 1. The van der Waals surface area contributed by atoms with Crippen LogP contribution in [0.25, 0.3) is 34.5 Å². The number of benzene rings is 4. The molecule has 1 aliphatic heterocycles. The minimum atomic E-state index is -3.88. The Kier molecular flexibility index (Phi) is 9.73. The summed E-state index contributed by atoms with van der Waals surface area (Å²) in [5.74, 6) is 0.953. The standard InChI is InChI=1S/C37H32Cl2N4O4S/c1-25(2)18-19-47-32-5-3-4-29(20-32)28-11-6-26(7-12-28)10-17-36-40-35(33-16-13-30(38)21-34(33)39)23-42(36)22-27-8-14-31(15-9-27)43-24-37(44)41-48(43,45)46/h3-18,20-21,23H,19,22,24H2,1-2H3,(H,41,44)/b17-10+. The molecule has 1 fully saturated rings. The number of ether oxygens (including phenoxy) is 1. The van der Waals surface area contributed by atoms with Gasteiger partial charge in [0, 0.05) is 23.3 Å². The van der Waals surface area contributed by atoms with E-state index in [0.29, 0.717) is 40.4 Å². The second kappa shape index (κ2) is 14.1. The van der Waals surface area contributed by atoms with Gasteiger partial charge in [-0.3, -0.25) is 4.79 Å². The van der Waals surface area contributed by atoms with Crippen LogP contribution in [0.4, 0.5) is 5.69 Å². The van der Waals surface area contributed by atoms with Crippen LogP contribution in [0.2, 0.25) is 10.0 Å². The molecule has 0 bridgehead atoms. The van der Waals surface area contributed by atoms with Crippen molar-refractivity contribution < 1.29 is 17.9 Å². The van der Waals surface area contributed by atoms with Gasteiger partial charge >= 0.3 is 10.2 Å². The van der Waals surface area contributed by atoms with Crippen molar-refractivity contribution in [3.05, 3.63) is 136 Å². The molecule has 0 spiro atoms. The number of allylic oxidation sites excluding steroid dienone is 1. The molecule has 1 amide bonds. The van der Waals surface area contributed by atoms with Crippen LogP contribution in [0.1, 0.15) is 30.8 Å². The summed E-state index contributed by atoms with van der Waals surface area (Å²) >= 11 is 12.7. The van der Waals surface area contributed by atoms with Gasteiger partial charge in [-0.2, -0.15) is 8.42 Å². The molecule has 1 aliphatic rings. The lowest BCUT2D eigenvalue weighted by Crippen LogP contribution is -2.29. The maximum absolute atomic E-state index is 12.3. The fraction of sp³-hybridized carbons (Fsp3) is 0.135. The lowest BCUT2D eigenvalue weighted by molar-refractivity contribution is -0.117. The fourth-order valence-corrected chi connectivity index (χ4v) is 6.84. The number of amides is 1.